The molecule has 0 bridgehead atoms. The van der Waals surface area contributed by atoms with Crippen molar-refractivity contribution in [1.82, 2.24) is 25.1 Å². The fourth-order valence-electron chi connectivity index (χ4n) is 2.63. The van der Waals surface area contributed by atoms with E-state index in [1.54, 1.807) is 18.2 Å². The Morgan fingerprint density at radius 1 is 1.29 bits per heavy atom. The molecule has 1 heterocycles. The van der Waals surface area contributed by atoms with E-state index in [-0.39, 0.29) is 12.1 Å². The summed E-state index contributed by atoms with van der Waals surface area (Å²) >= 11 is 0. The van der Waals surface area contributed by atoms with E-state index in [9.17, 15) is 30.5 Å². The van der Waals surface area contributed by atoms with Crippen LogP contribution in [0.4, 0.5) is 0 Å². The molecule has 0 unspecified atom stereocenters. The molecule has 0 spiro atoms. The molecule has 1 aromatic heterocycles. The van der Waals surface area contributed by atoms with Crippen LogP contribution in [0.15, 0.2) is 41.8 Å². The zero-order chi connectivity index (χ0) is 22.5. The summed E-state index contributed by atoms with van der Waals surface area (Å²) in [6.07, 6.45) is 2.63. The number of amides is 1. The molecule has 0 aliphatic rings. The highest BCUT2D eigenvalue weighted by Gasteiger charge is 2.13. The number of ether oxygens (including phenoxy) is 1. The molecule has 0 atom stereocenters. The predicted molar refractivity (Wildman–Crippen MR) is 107 cm³/mol. The Labute approximate surface area is 174 Å². The largest absolute Gasteiger partial charge is 0.744 e. The van der Waals surface area contributed by atoms with Gasteiger partial charge in [-0.3, -0.25) is 9.70 Å². The van der Waals surface area contributed by atoms with Gasteiger partial charge >= 0.3 is 5.62 Å². The van der Waals surface area contributed by atoms with Crippen LogP contribution in [0.25, 0.3) is 0 Å². The average Bonchev–Trinajstić information content (AvgIpc) is 3.20. The number of nitrogens with zero attached hydrogens (tertiary/aromatic N) is 4. The van der Waals surface area contributed by atoms with Crippen LogP contribution >= 0.6 is 0 Å². The number of aromatic amines is 1. The number of aromatic nitrogens is 3. The van der Waals surface area contributed by atoms with Gasteiger partial charge in [0.05, 0.1) is 19.9 Å². The van der Waals surface area contributed by atoms with Gasteiger partial charge in [-0.25, -0.2) is 10.1 Å². The minimum Gasteiger partial charge on any atom is -0.744 e. The van der Waals surface area contributed by atoms with E-state index < -0.39 is 33.7 Å². The first kappa shape index (κ1) is 21.0. The van der Waals surface area contributed by atoms with Crippen LogP contribution in [-0.2, 0) is 6.54 Å². The molecule has 13 heteroatoms. The summed E-state index contributed by atoms with van der Waals surface area (Å²) in [5.41, 5.74) is 2.97. The molecular weight excluding hydrogens is 412 g/mol. The molecule has 13 nitrogen and oxygen atoms in total. The smallest absolute Gasteiger partial charge is 0.411 e. The van der Waals surface area contributed by atoms with Gasteiger partial charge in [0, 0.05) is 11.1 Å². The van der Waals surface area contributed by atoms with Crippen molar-refractivity contribution in [3.63, 3.8) is 0 Å². The molecule has 162 valence electrons. The summed E-state index contributed by atoms with van der Waals surface area (Å²) in [7, 11) is 1.48. The number of hydrogen-bond donors (Lipinski definition) is 5. The van der Waals surface area contributed by atoms with Gasteiger partial charge in [0.15, 0.2) is 17.2 Å². The second kappa shape index (κ2) is 8.77. The summed E-state index contributed by atoms with van der Waals surface area (Å²) < 4.78 is 6.70. The summed E-state index contributed by atoms with van der Waals surface area (Å²) in [4.78, 5) is 15.1. The van der Waals surface area contributed by atoms with Crippen LogP contribution in [0, 0.1) is 10.4 Å². The molecule has 0 saturated carbocycles. The maximum Gasteiger partial charge on any atom is 0.411 e. The summed E-state index contributed by atoms with van der Waals surface area (Å²) in [5.74, 6) is -2.22. The van der Waals surface area contributed by atoms with E-state index in [0.717, 1.165) is 12.1 Å². The van der Waals surface area contributed by atoms with Gasteiger partial charge in [-0.1, -0.05) is 4.98 Å². The van der Waals surface area contributed by atoms with Crippen molar-refractivity contribution in [3.8, 4) is 23.0 Å². The molecule has 0 fully saturated rings. The molecule has 3 aromatic rings. The highest BCUT2D eigenvalue weighted by atomic mass is 16.8. The zero-order valence-corrected chi connectivity index (χ0v) is 16.0. The summed E-state index contributed by atoms with van der Waals surface area (Å²) in [6, 6.07) is 7.00. The van der Waals surface area contributed by atoms with Gasteiger partial charge < -0.3 is 30.5 Å². The molecule has 0 radical (unpaired) electrons. The molecule has 3 rings (SSSR count). The van der Waals surface area contributed by atoms with Crippen molar-refractivity contribution in [2.24, 2.45) is 5.10 Å². The van der Waals surface area contributed by atoms with Crippen molar-refractivity contribution in [1.29, 1.82) is 0 Å². The molecule has 0 saturated heterocycles. The van der Waals surface area contributed by atoms with E-state index in [2.05, 4.69) is 20.6 Å². The number of aromatic hydroxyl groups is 3. The minimum atomic E-state index is -0.730. The highest BCUT2D eigenvalue weighted by Crippen LogP contribution is 2.35. The van der Waals surface area contributed by atoms with E-state index >= 15 is 0 Å². The predicted octanol–water partition coefficient (Wildman–Crippen LogP) is -0.0834. The Balaban J connectivity index is 1.75. The standard InChI is InChI=1S/C18H17N6O7/c1-31-15-3-2-10(4-12(15)8-23-9-19-18(22-23)24(29)30)7-20-21-17(28)11-5-13(25)16(27)14(26)6-11/h2-7,9,22H,8H2,1H3,(H4-,21,25,26,27,28,29,30)/q-1. The Hall–Kier alpha value is -4.68. The Kier molecular flexibility index (Phi) is 5.95. The normalized spacial score (nSPS) is 10.9. The number of benzene rings is 2. The van der Waals surface area contributed by atoms with E-state index in [4.69, 9.17) is 4.74 Å². The van der Waals surface area contributed by atoms with Crippen molar-refractivity contribution in [2.75, 3.05) is 7.11 Å². The SMILES string of the molecule is COc1ccc(C=NNC(=O)c2cc(O)c(O)c(O)c2)cc1Cn1cnc(=[N+]([O-])[O-])[nH]1. The van der Waals surface area contributed by atoms with Crippen LogP contribution in [0.1, 0.15) is 21.5 Å². The Bertz CT molecular complexity index is 1190. The number of phenols is 3. The fraction of sp³-hybridized carbons (Fsp3) is 0.111. The third-order valence-electron chi connectivity index (χ3n) is 4.09. The van der Waals surface area contributed by atoms with Crippen molar-refractivity contribution in [3.05, 3.63) is 69.4 Å². The lowest BCUT2D eigenvalue weighted by atomic mass is 10.1. The van der Waals surface area contributed by atoms with Crippen LogP contribution in [0.5, 0.6) is 23.0 Å². The van der Waals surface area contributed by atoms with Crippen LogP contribution < -0.4 is 20.7 Å². The third kappa shape index (κ3) is 4.84. The number of rotatable bonds is 6. The van der Waals surface area contributed by atoms with E-state index in [0.29, 0.717) is 16.9 Å². The molecular formula is C18H17N6O7-. The molecule has 5 N–H and O–H groups in total. The van der Waals surface area contributed by atoms with Crippen LogP contribution in [-0.4, -0.2) is 49.3 Å². The van der Waals surface area contributed by atoms with Gasteiger partial charge in [-0.05, 0) is 35.9 Å². The second-order valence-corrected chi connectivity index (χ2v) is 6.20. The quantitative estimate of drug-likeness (QED) is 0.204. The Morgan fingerprint density at radius 2 is 2.00 bits per heavy atom. The average molecular weight is 429 g/mol. The number of carbonyl (C=O) groups is 1. The first-order valence-electron chi connectivity index (χ1n) is 8.62. The number of methoxy groups -OCH3 is 1. The van der Waals surface area contributed by atoms with Gasteiger partial charge in [-0.2, -0.15) is 10.2 Å². The number of phenolic OH excluding ortho intramolecular Hbond substituents is 3. The van der Waals surface area contributed by atoms with Crippen molar-refractivity contribution < 1.29 is 24.9 Å². The third-order valence-corrected chi connectivity index (χ3v) is 4.09. The number of hydrogen-bond acceptors (Lipinski definition) is 9. The van der Waals surface area contributed by atoms with Crippen molar-refractivity contribution >= 4 is 12.1 Å². The number of hydrazone groups is 1. The van der Waals surface area contributed by atoms with Gasteiger partial charge in [0.1, 0.15) is 5.75 Å². The molecule has 0 aliphatic carbocycles. The molecule has 1 amide bonds. The maximum absolute atomic E-state index is 12.1. The van der Waals surface area contributed by atoms with E-state index in [1.807, 2.05) is 0 Å². The highest BCUT2D eigenvalue weighted by molar-refractivity contribution is 5.96. The van der Waals surface area contributed by atoms with Gasteiger partial charge in [0.25, 0.3) is 5.91 Å². The second-order valence-electron chi connectivity index (χ2n) is 6.20. The summed E-state index contributed by atoms with van der Waals surface area (Å²) in [5, 5.41) is 56.1. The van der Waals surface area contributed by atoms with Crippen molar-refractivity contribution in [2.45, 2.75) is 6.54 Å². The lowest BCUT2D eigenvalue weighted by Crippen LogP contribution is -2.23. The number of H-pyrrole nitrogens is 1. The number of nitrogens with one attached hydrogen (secondary N) is 2. The monoisotopic (exact) mass is 429 g/mol. The first-order valence-corrected chi connectivity index (χ1v) is 8.62. The number of carbonyl (C=O) groups excluding carboxylic acids is 1. The van der Waals surface area contributed by atoms with Crippen LogP contribution in [0.3, 0.4) is 0 Å². The first-order chi connectivity index (χ1) is 14.8. The molecule has 31 heavy (non-hydrogen) atoms. The zero-order valence-electron chi connectivity index (χ0n) is 16.0. The fourth-order valence-corrected chi connectivity index (χ4v) is 2.63. The Morgan fingerprint density at radius 3 is 2.61 bits per heavy atom. The van der Waals surface area contributed by atoms with Gasteiger partial charge in [0.2, 0.25) is 6.33 Å². The molecule has 2 aromatic carbocycles. The minimum absolute atomic E-state index is 0.113. The summed E-state index contributed by atoms with van der Waals surface area (Å²) in [6.45, 7) is 0.199. The van der Waals surface area contributed by atoms with Gasteiger partial charge in [-0.15, -0.1) is 0 Å². The van der Waals surface area contributed by atoms with E-state index in [1.165, 1.54) is 24.3 Å². The maximum atomic E-state index is 12.1. The van der Waals surface area contributed by atoms with Crippen LogP contribution in [0.2, 0.25) is 0 Å². The topological polar surface area (TPSA) is 194 Å². The lowest BCUT2D eigenvalue weighted by molar-refractivity contribution is 0.0954. The lowest BCUT2D eigenvalue weighted by Gasteiger charge is -2.10. The molecule has 0 aliphatic heterocycles.